The van der Waals surface area contributed by atoms with Gasteiger partial charge in [0.15, 0.2) is 0 Å². The van der Waals surface area contributed by atoms with Crippen molar-refractivity contribution in [1.29, 1.82) is 0 Å². The van der Waals surface area contributed by atoms with Crippen molar-refractivity contribution in [1.82, 2.24) is 4.98 Å². The number of halogens is 1. The van der Waals surface area contributed by atoms with Crippen molar-refractivity contribution in [3.05, 3.63) is 65.4 Å². The molecule has 6 heteroatoms. The van der Waals surface area contributed by atoms with Gasteiger partial charge >= 0.3 is 0 Å². The van der Waals surface area contributed by atoms with Crippen molar-refractivity contribution in [2.75, 3.05) is 18.5 Å². The Kier molecular flexibility index (Phi) is 4.26. The predicted molar refractivity (Wildman–Crippen MR) is 103 cm³/mol. The summed E-state index contributed by atoms with van der Waals surface area (Å²) in [7, 11) is 0. The number of amides is 1. The van der Waals surface area contributed by atoms with Crippen LogP contribution in [0.25, 0.3) is 10.8 Å². The smallest absolute Gasteiger partial charge is 0.236 e. The molecule has 1 aromatic heterocycles. The van der Waals surface area contributed by atoms with Gasteiger partial charge in [-0.2, -0.15) is 0 Å². The van der Waals surface area contributed by atoms with E-state index >= 15 is 0 Å². The monoisotopic (exact) mass is 367 g/mol. The van der Waals surface area contributed by atoms with Crippen LogP contribution in [0.5, 0.6) is 5.75 Å². The maximum Gasteiger partial charge on any atom is 0.236 e. The number of hydrogen-bond donors (Lipinski definition) is 2. The highest BCUT2D eigenvalue weighted by Gasteiger charge is 2.43. The van der Waals surface area contributed by atoms with Gasteiger partial charge in [-0.15, -0.1) is 0 Å². The minimum absolute atomic E-state index is 0.160. The summed E-state index contributed by atoms with van der Waals surface area (Å²) in [5, 5.41) is 5.47. The van der Waals surface area contributed by atoms with Crippen molar-refractivity contribution < 1.29 is 9.53 Å². The standard InChI is InChI=1S/C20H18ClN3O2/c21-14-5-6-18-16(9-14)20(12-22,7-8-26-18)19(25)24-17-11-23-10-13-3-1-2-4-15(13)17/h1-6,9-11H,7-8,12,22H2,(H,24,25)/t20-/m0/s1. The van der Waals surface area contributed by atoms with Crippen LogP contribution in [-0.4, -0.2) is 24.0 Å². The zero-order chi connectivity index (χ0) is 18.1. The van der Waals surface area contributed by atoms with Crippen molar-refractivity contribution in [3.8, 4) is 5.75 Å². The second-order valence-electron chi connectivity index (χ2n) is 6.39. The Balaban J connectivity index is 1.76. The molecule has 3 N–H and O–H groups in total. The number of nitrogens with one attached hydrogen (secondary N) is 1. The SMILES string of the molecule is NC[C@@]1(C(=O)Nc2cncc3ccccc23)CCOc2ccc(Cl)cc21. The third kappa shape index (κ3) is 2.69. The zero-order valence-corrected chi connectivity index (χ0v) is 14.8. The molecule has 132 valence electrons. The van der Waals surface area contributed by atoms with Crippen molar-refractivity contribution >= 4 is 34.0 Å². The average molecular weight is 368 g/mol. The fourth-order valence-electron chi connectivity index (χ4n) is 3.47. The van der Waals surface area contributed by atoms with Crippen LogP contribution in [0.3, 0.4) is 0 Å². The first-order valence-electron chi connectivity index (χ1n) is 8.41. The largest absolute Gasteiger partial charge is 0.493 e. The molecule has 0 fully saturated rings. The third-order valence-corrected chi connectivity index (χ3v) is 5.18. The second kappa shape index (κ2) is 6.59. The topological polar surface area (TPSA) is 77.2 Å². The number of nitrogens with two attached hydrogens (primary N) is 1. The van der Waals surface area contributed by atoms with Crippen LogP contribution in [0.2, 0.25) is 5.02 Å². The van der Waals surface area contributed by atoms with Crippen LogP contribution < -0.4 is 15.8 Å². The molecule has 0 saturated carbocycles. The van der Waals surface area contributed by atoms with E-state index in [0.717, 1.165) is 16.3 Å². The molecule has 0 saturated heterocycles. The lowest BCUT2D eigenvalue weighted by Gasteiger charge is -2.36. The first-order chi connectivity index (χ1) is 12.6. The Morgan fingerprint density at radius 1 is 1.27 bits per heavy atom. The van der Waals surface area contributed by atoms with Crippen LogP contribution in [0, 0.1) is 0 Å². The van der Waals surface area contributed by atoms with Crippen molar-refractivity contribution in [2.24, 2.45) is 5.73 Å². The molecule has 0 bridgehead atoms. The van der Waals surface area contributed by atoms with Gasteiger partial charge in [-0.25, -0.2) is 0 Å². The second-order valence-corrected chi connectivity index (χ2v) is 6.82. The summed E-state index contributed by atoms with van der Waals surface area (Å²) in [6, 6.07) is 13.1. The molecule has 1 aliphatic rings. The van der Waals surface area contributed by atoms with E-state index < -0.39 is 5.41 Å². The van der Waals surface area contributed by atoms with Gasteiger partial charge in [0, 0.05) is 40.5 Å². The van der Waals surface area contributed by atoms with E-state index in [4.69, 9.17) is 22.1 Å². The average Bonchev–Trinajstić information content (AvgIpc) is 2.67. The fourth-order valence-corrected chi connectivity index (χ4v) is 3.64. The van der Waals surface area contributed by atoms with Crippen molar-refractivity contribution in [3.63, 3.8) is 0 Å². The fraction of sp³-hybridized carbons (Fsp3) is 0.200. The zero-order valence-electron chi connectivity index (χ0n) is 14.0. The number of fused-ring (bicyclic) bond motifs is 2. The van der Waals surface area contributed by atoms with Gasteiger partial charge in [-0.05, 0) is 18.2 Å². The molecular formula is C20H18ClN3O2. The summed E-state index contributed by atoms with van der Waals surface area (Å²) >= 11 is 6.17. The van der Waals surface area contributed by atoms with E-state index in [9.17, 15) is 4.79 Å². The Labute approximate surface area is 156 Å². The molecule has 0 radical (unpaired) electrons. The van der Waals surface area contributed by atoms with Crippen LogP contribution in [0.15, 0.2) is 54.9 Å². The van der Waals surface area contributed by atoms with E-state index in [1.165, 1.54) is 0 Å². The highest BCUT2D eigenvalue weighted by molar-refractivity contribution is 6.30. The van der Waals surface area contributed by atoms with Gasteiger partial charge in [-0.1, -0.05) is 35.9 Å². The maximum absolute atomic E-state index is 13.3. The van der Waals surface area contributed by atoms with E-state index in [1.54, 1.807) is 30.6 Å². The quantitative estimate of drug-likeness (QED) is 0.742. The molecule has 1 aliphatic heterocycles. The van der Waals surface area contributed by atoms with E-state index in [1.807, 2.05) is 24.3 Å². The molecule has 0 unspecified atom stereocenters. The predicted octanol–water partition coefficient (Wildman–Crippen LogP) is 3.51. The number of rotatable bonds is 3. The highest BCUT2D eigenvalue weighted by Crippen LogP contribution is 2.41. The first kappa shape index (κ1) is 16.8. The van der Waals surface area contributed by atoms with Crippen LogP contribution in [0.1, 0.15) is 12.0 Å². The molecule has 1 amide bonds. The maximum atomic E-state index is 13.3. The third-order valence-electron chi connectivity index (χ3n) is 4.94. The molecule has 2 aromatic carbocycles. The lowest BCUT2D eigenvalue weighted by atomic mass is 9.75. The van der Waals surface area contributed by atoms with Gasteiger partial charge in [-0.3, -0.25) is 9.78 Å². The Morgan fingerprint density at radius 2 is 2.12 bits per heavy atom. The molecule has 4 rings (SSSR count). The van der Waals surface area contributed by atoms with Gasteiger partial charge in [0.1, 0.15) is 5.75 Å². The Bertz CT molecular complexity index is 986. The van der Waals surface area contributed by atoms with E-state index in [-0.39, 0.29) is 12.5 Å². The minimum atomic E-state index is -0.893. The minimum Gasteiger partial charge on any atom is -0.493 e. The molecular weight excluding hydrogens is 350 g/mol. The number of ether oxygens (including phenoxy) is 1. The van der Waals surface area contributed by atoms with Gasteiger partial charge in [0.25, 0.3) is 0 Å². The number of carbonyl (C=O) groups excluding carboxylic acids is 1. The number of nitrogens with zero attached hydrogens (tertiary/aromatic N) is 1. The molecule has 0 aliphatic carbocycles. The van der Waals surface area contributed by atoms with Crippen LogP contribution in [0.4, 0.5) is 5.69 Å². The number of carbonyl (C=O) groups is 1. The van der Waals surface area contributed by atoms with Gasteiger partial charge < -0.3 is 15.8 Å². The number of hydrogen-bond acceptors (Lipinski definition) is 4. The molecule has 26 heavy (non-hydrogen) atoms. The summed E-state index contributed by atoms with van der Waals surface area (Å²) in [5.41, 5.74) is 6.59. The molecule has 5 nitrogen and oxygen atoms in total. The highest BCUT2D eigenvalue weighted by atomic mass is 35.5. The molecule has 3 aromatic rings. The Morgan fingerprint density at radius 3 is 2.96 bits per heavy atom. The summed E-state index contributed by atoms with van der Waals surface area (Å²) in [6.45, 7) is 0.584. The lowest BCUT2D eigenvalue weighted by Crippen LogP contribution is -2.49. The van der Waals surface area contributed by atoms with Gasteiger partial charge in [0.05, 0.1) is 23.9 Å². The molecule has 2 heterocycles. The summed E-state index contributed by atoms with van der Waals surface area (Å²) in [4.78, 5) is 17.5. The summed E-state index contributed by atoms with van der Waals surface area (Å²) in [6.07, 6.45) is 3.91. The van der Waals surface area contributed by atoms with Crippen LogP contribution in [-0.2, 0) is 10.2 Å². The lowest BCUT2D eigenvalue weighted by molar-refractivity contribution is -0.122. The first-order valence-corrected chi connectivity index (χ1v) is 8.79. The number of pyridine rings is 1. The van der Waals surface area contributed by atoms with Crippen molar-refractivity contribution in [2.45, 2.75) is 11.8 Å². The Hall–Kier alpha value is -2.63. The number of anilines is 1. The van der Waals surface area contributed by atoms with Crippen LogP contribution >= 0.6 is 11.6 Å². The number of aromatic nitrogens is 1. The van der Waals surface area contributed by atoms with E-state index in [2.05, 4.69) is 10.3 Å². The molecule has 1 atom stereocenters. The number of benzene rings is 2. The summed E-state index contributed by atoms with van der Waals surface area (Å²) in [5.74, 6) is 0.474. The van der Waals surface area contributed by atoms with E-state index in [0.29, 0.717) is 29.5 Å². The normalized spacial score (nSPS) is 18.8. The summed E-state index contributed by atoms with van der Waals surface area (Å²) < 4.78 is 5.70. The molecule has 0 spiro atoms. The van der Waals surface area contributed by atoms with Gasteiger partial charge in [0.2, 0.25) is 5.91 Å².